The number of hydrogen-bond acceptors (Lipinski definition) is 4. The summed E-state index contributed by atoms with van der Waals surface area (Å²) >= 11 is 0. The molecule has 0 saturated carbocycles. The van der Waals surface area contributed by atoms with Gasteiger partial charge in [0.05, 0.1) is 6.26 Å². The smallest absolute Gasteiger partial charge is 0.357 e. The summed E-state index contributed by atoms with van der Waals surface area (Å²) in [5, 5.41) is 15.7. The van der Waals surface area contributed by atoms with E-state index in [0.717, 1.165) is 0 Å². The molecule has 60 valence electrons. The van der Waals surface area contributed by atoms with E-state index in [2.05, 4.69) is 10.2 Å². The summed E-state index contributed by atoms with van der Waals surface area (Å²) < 4.78 is 4.79. The summed E-state index contributed by atoms with van der Waals surface area (Å²) in [5.74, 6) is -1.08. The van der Waals surface area contributed by atoms with Gasteiger partial charge in [-0.1, -0.05) is 0 Å². The molecule has 0 fully saturated rings. The van der Waals surface area contributed by atoms with E-state index >= 15 is 0 Å². The van der Waals surface area contributed by atoms with Crippen molar-refractivity contribution in [2.45, 2.75) is 0 Å². The van der Waals surface area contributed by atoms with Crippen LogP contribution < -0.4 is 0 Å². The summed E-state index contributed by atoms with van der Waals surface area (Å²) in [6.45, 7) is 0. The van der Waals surface area contributed by atoms with Gasteiger partial charge in [0.15, 0.2) is 5.69 Å². The van der Waals surface area contributed by atoms with Crippen LogP contribution in [0.5, 0.6) is 0 Å². The zero-order valence-electron chi connectivity index (χ0n) is 5.89. The molecule has 0 radical (unpaired) electrons. The molecule has 0 aromatic rings. The van der Waals surface area contributed by atoms with Crippen molar-refractivity contribution in [3.05, 3.63) is 24.3 Å². The Morgan fingerprint density at radius 2 is 2.33 bits per heavy atom. The molecule has 5 nitrogen and oxygen atoms in total. The van der Waals surface area contributed by atoms with Gasteiger partial charge in [-0.25, -0.2) is 4.79 Å². The van der Waals surface area contributed by atoms with Gasteiger partial charge in [-0.3, -0.25) is 0 Å². The van der Waals surface area contributed by atoms with Crippen molar-refractivity contribution in [1.82, 2.24) is 10.2 Å². The van der Waals surface area contributed by atoms with Crippen LogP contribution in [0.4, 0.5) is 0 Å². The molecular formula is C7H4N2O3. The third kappa shape index (κ3) is 0.833. The minimum Gasteiger partial charge on any atom is -0.476 e. The molecule has 0 atom stereocenters. The summed E-state index contributed by atoms with van der Waals surface area (Å²) in [5.41, 5.74) is 0.907. The molecule has 0 aromatic heterocycles. The molecule has 0 spiro atoms. The number of carboxylic acids is 1. The molecule has 2 rings (SSSR count). The van der Waals surface area contributed by atoms with Gasteiger partial charge in [-0.2, -0.15) is 0 Å². The summed E-state index contributed by atoms with van der Waals surface area (Å²) in [6.07, 6.45) is 2.74. The first kappa shape index (κ1) is 6.78. The monoisotopic (exact) mass is 164 g/mol. The Bertz CT molecular complexity index is 396. The third-order valence-electron chi connectivity index (χ3n) is 1.48. The topological polar surface area (TPSA) is 76.2 Å². The molecular weight excluding hydrogens is 160 g/mol. The Balaban J connectivity index is 2.67. The lowest BCUT2D eigenvalue weighted by molar-refractivity contribution is 0.0691. The highest BCUT2D eigenvalue weighted by atomic mass is 16.4. The Morgan fingerprint density at radius 3 is 3.08 bits per heavy atom. The van der Waals surface area contributed by atoms with Crippen molar-refractivity contribution in [2.24, 2.45) is 0 Å². The quantitative estimate of drug-likeness (QED) is 0.676. The van der Waals surface area contributed by atoms with Crippen LogP contribution in [0.25, 0.3) is 11.3 Å². The minimum atomic E-state index is -1.08. The molecule has 0 saturated heterocycles. The number of aromatic carboxylic acids is 1. The summed E-state index contributed by atoms with van der Waals surface area (Å²) in [6, 6.07) is 1.53. The highest BCUT2D eigenvalue weighted by Gasteiger charge is 2.18. The minimum absolute atomic E-state index is 0.0409. The van der Waals surface area contributed by atoms with Crippen LogP contribution >= 0.6 is 0 Å². The fourth-order valence-corrected chi connectivity index (χ4v) is 0.953. The molecule has 0 aliphatic carbocycles. The second kappa shape index (κ2) is 2.30. The van der Waals surface area contributed by atoms with Crippen LogP contribution in [-0.2, 0) is 0 Å². The number of carbonyl (C=O) groups is 1. The van der Waals surface area contributed by atoms with Crippen molar-refractivity contribution in [2.75, 3.05) is 0 Å². The molecule has 0 amide bonds. The van der Waals surface area contributed by atoms with E-state index < -0.39 is 5.97 Å². The molecule has 5 heteroatoms. The number of fused-ring (bicyclic) bond motifs is 1. The number of hydrogen-bond donors (Lipinski definition) is 1. The van der Waals surface area contributed by atoms with Crippen molar-refractivity contribution in [3.63, 3.8) is 0 Å². The van der Waals surface area contributed by atoms with Crippen LogP contribution in [0.15, 0.2) is 23.0 Å². The van der Waals surface area contributed by atoms with Gasteiger partial charge in [0.2, 0.25) is 0 Å². The van der Waals surface area contributed by atoms with E-state index in [1.54, 1.807) is 0 Å². The Labute approximate surface area is 67.0 Å². The summed E-state index contributed by atoms with van der Waals surface area (Å²) in [4.78, 5) is 10.5. The standard InChI is InChI=1S/C7H4N2O3/c10-7(11)6-4-1-2-12-3-5(4)8-9-6/h1-3H,(H,10,11). The zero-order valence-corrected chi connectivity index (χ0v) is 5.89. The predicted molar refractivity (Wildman–Crippen MR) is 37.9 cm³/mol. The maximum Gasteiger partial charge on any atom is 0.357 e. The number of carboxylic acid groups (broad SMARTS) is 1. The fourth-order valence-electron chi connectivity index (χ4n) is 0.953. The second-order valence-corrected chi connectivity index (χ2v) is 2.21. The van der Waals surface area contributed by atoms with E-state index in [9.17, 15) is 4.79 Å². The highest BCUT2D eigenvalue weighted by Crippen LogP contribution is 2.21. The lowest BCUT2D eigenvalue weighted by atomic mass is 10.2. The fraction of sp³-hybridized carbons (Fsp3) is 0. The van der Waals surface area contributed by atoms with Crippen LogP contribution in [-0.4, -0.2) is 21.3 Å². The Hall–Kier alpha value is -1.91. The highest BCUT2D eigenvalue weighted by molar-refractivity contribution is 5.93. The molecule has 0 aromatic carbocycles. The third-order valence-corrected chi connectivity index (χ3v) is 1.48. The van der Waals surface area contributed by atoms with Crippen LogP contribution in [0, 0.1) is 0 Å². The van der Waals surface area contributed by atoms with Crippen LogP contribution in [0.3, 0.4) is 0 Å². The first-order chi connectivity index (χ1) is 5.79. The largest absolute Gasteiger partial charge is 0.476 e. The molecule has 0 unspecified atom stereocenters. The maximum absolute atomic E-state index is 10.5. The Morgan fingerprint density at radius 1 is 1.50 bits per heavy atom. The van der Waals surface area contributed by atoms with Gasteiger partial charge in [0.1, 0.15) is 12.0 Å². The van der Waals surface area contributed by atoms with Gasteiger partial charge in [-0.15, -0.1) is 10.2 Å². The lowest BCUT2D eigenvalue weighted by Crippen LogP contribution is -1.97. The van der Waals surface area contributed by atoms with E-state index in [1.807, 2.05) is 0 Å². The average molecular weight is 164 g/mol. The zero-order chi connectivity index (χ0) is 8.55. The van der Waals surface area contributed by atoms with Gasteiger partial charge in [0.25, 0.3) is 0 Å². The Kier molecular flexibility index (Phi) is 1.30. The van der Waals surface area contributed by atoms with E-state index in [1.165, 1.54) is 18.6 Å². The number of rotatable bonds is 1. The van der Waals surface area contributed by atoms with Crippen molar-refractivity contribution in [3.8, 4) is 11.3 Å². The molecule has 2 aliphatic heterocycles. The van der Waals surface area contributed by atoms with Crippen molar-refractivity contribution < 1.29 is 14.3 Å². The average Bonchev–Trinajstić information content (AvgIpc) is 2.47. The molecule has 0 bridgehead atoms. The second-order valence-electron chi connectivity index (χ2n) is 2.21. The van der Waals surface area contributed by atoms with E-state index in [-0.39, 0.29) is 5.69 Å². The molecule has 2 heterocycles. The van der Waals surface area contributed by atoms with Gasteiger partial charge in [-0.05, 0) is 6.07 Å². The molecule has 12 heavy (non-hydrogen) atoms. The van der Waals surface area contributed by atoms with Gasteiger partial charge >= 0.3 is 5.97 Å². The van der Waals surface area contributed by atoms with E-state index in [0.29, 0.717) is 11.3 Å². The predicted octanol–water partition coefficient (Wildman–Crippen LogP) is 0.873. The lowest BCUT2D eigenvalue weighted by Gasteiger charge is -1.92. The van der Waals surface area contributed by atoms with Crippen LogP contribution in [0.1, 0.15) is 10.5 Å². The maximum atomic E-state index is 10.5. The van der Waals surface area contributed by atoms with Crippen molar-refractivity contribution in [1.29, 1.82) is 0 Å². The first-order valence-corrected chi connectivity index (χ1v) is 3.21. The van der Waals surface area contributed by atoms with Gasteiger partial charge < -0.3 is 9.52 Å². The first-order valence-electron chi connectivity index (χ1n) is 3.21. The normalized spacial score (nSPS) is 10.3. The van der Waals surface area contributed by atoms with Crippen LogP contribution in [0.2, 0.25) is 0 Å². The van der Waals surface area contributed by atoms with Gasteiger partial charge in [0, 0.05) is 5.56 Å². The number of nitrogens with zero attached hydrogens (tertiary/aromatic N) is 2. The molecule has 1 N–H and O–H groups in total. The van der Waals surface area contributed by atoms with E-state index in [4.69, 9.17) is 9.52 Å². The summed E-state index contributed by atoms with van der Waals surface area (Å²) in [7, 11) is 0. The SMILES string of the molecule is O=C(O)c1nnc2coccc1-2. The number of aromatic nitrogens is 2. The van der Waals surface area contributed by atoms with Crippen molar-refractivity contribution >= 4 is 5.97 Å². The molecule has 2 aliphatic rings.